The molecule has 0 saturated heterocycles. The fraction of sp³-hybridized carbons (Fsp3) is 0.632. The van der Waals surface area contributed by atoms with E-state index in [0.29, 0.717) is 5.92 Å². The minimum Gasteiger partial charge on any atom is -0.339 e. The SMILES string of the molecule is CC(C1CCCCC1)N(C)C(=O)c1ccccc1S(=O)(=O)C(C)C. The highest BCUT2D eigenvalue weighted by Crippen LogP contribution is 2.30. The van der Waals surface area contributed by atoms with E-state index in [1.807, 2.05) is 0 Å². The van der Waals surface area contributed by atoms with Gasteiger partial charge < -0.3 is 4.90 Å². The van der Waals surface area contributed by atoms with E-state index in [1.165, 1.54) is 19.3 Å². The predicted molar refractivity (Wildman–Crippen MR) is 96.9 cm³/mol. The summed E-state index contributed by atoms with van der Waals surface area (Å²) in [6.07, 6.45) is 6.00. The van der Waals surface area contributed by atoms with Crippen LogP contribution in [0.15, 0.2) is 29.2 Å². The van der Waals surface area contributed by atoms with Gasteiger partial charge >= 0.3 is 0 Å². The maximum absolute atomic E-state index is 13.0. The van der Waals surface area contributed by atoms with Crippen molar-refractivity contribution in [3.63, 3.8) is 0 Å². The van der Waals surface area contributed by atoms with Crippen molar-refractivity contribution in [3.8, 4) is 0 Å². The van der Waals surface area contributed by atoms with Crippen molar-refractivity contribution >= 4 is 15.7 Å². The van der Waals surface area contributed by atoms with E-state index in [4.69, 9.17) is 0 Å². The smallest absolute Gasteiger partial charge is 0.255 e. The zero-order valence-electron chi connectivity index (χ0n) is 15.2. The number of benzene rings is 1. The van der Waals surface area contributed by atoms with Gasteiger partial charge in [0.1, 0.15) is 0 Å². The molecular formula is C19H29NO3S. The number of carbonyl (C=O) groups is 1. The van der Waals surface area contributed by atoms with Crippen LogP contribution in [0.1, 0.15) is 63.2 Å². The highest BCUT2D eigenvalue weighted by molar-refractivity contribution is 7.92. The van der Waals surface area contributed by atoms with Gasteiger partial charge in [0.25, 0.3) is 5.91 Å². The monoisotopic (exact) mass is 351 g/mol. The number of rotatable bonds is 5. The number of hydrogen-bond donors (Lipinski definition) is 0. The maximum atomic E-state index is 13.0. The lowest BCUT2D eigenvalue weighted by molar-refractivity contribution is 0.0661. The lowest BCUT2D eigenvalue weighted by Crippen LogP contribution is -2.41. The summed E-state index contributed by atoms with van der Waals surface area (Å²) >= 11 is 0. The third kappa shape index (κ3) is 3.82. The van der Waals surface area contributed by atoms with Gasteiger partial charge in [-0.05, 0) is 51.7 Å². The fourth-order valence-corrected chi connectivity index (χ4v) is 4.69. The number of nitrogens with zero attached hydrogens (tertiary/aromatic N) is 1. The van der Waals surface area contributed by atoms with Gasteiger partial charge in [0.15, 0.2) is 9.84 Å². The number of carbonyl (C=O) groups excluding carboxylic acids is 1. The van der Waals surface area contributed by atoms with Crippen molar-refractivity contribution in [3.05, 3.63) is 29.8 Å². The van der Waals surface area contributed by atoms with Crippen molar-refractivity contribution in [1.29, 1.82) is 0 Å². The van der Waals surface area contributed by atoms with Crippen LogP contribution in [0, 0.1) is 5.92 Å². The molecule has 0 N–H and O–H groups in total. The van der Waals surface area contributed by atoms with Gasteiger partial charge in [0.05, 0.1) is 15.7 Å². The summed E-state index contributed by atoms with van der Waals surface area (Å²) < 4.78 is 25.2. The summed E-state index contributed by atoms with van der Waals surface area (Å²) in [5.41, 5.74) is 0.288. The zero-order valence-corrected chi connectivity index (χ0v) is 16.0. The van der Waals surface area contributed by atoms with E-state index < -0.39 is 15.1 Å². The zero-order chi connectivity index (χ0) is 17.9. The molecule has 1 aromatic carbocycles. The van der Waals surface area contributed by atoms with Gasteiger partial charge in [-0.25, -0.2) is 8.42 Å². The highest BCUT2D eigenvalue weighted by atomic mass is 32.2. The van der Waals surface area contributed by atoms with Crippen LogP contribution in [-0.4, -0.2) is 37.6 Å². The first-order valence-corrected chi connectivity index (χ1v) is 10.4. The average molecular weight is 352 g/mol. The predicted octanol–water partition coefficient (Wildman–Crippen LogP) is 3.91. The van der Waals surface area contributed by atoms with Crippen LogP contribution in [0.25, 0.3) is 0 Å². The van der Waals surface area contributed by atoms with Gasteiger partial charge in [-0.2, -0.15) is 0 Å². The third-order valence-corrected chi connectivity index (χ3v) is 7.52. The van der Waals surface area contributed by atoms with E-state index in [9.17, 15) is 13.2 Å². The Morgan fingerprint density at radius 1 is 1.08 bits per heavy atom. The molecule has 0 heterocycles. The largest absolute Gasteiger partial charge is 0.339 e. The number of amides is 1. The molecule has 1 fully saturated rings. The van der Waals surface area contributed by atoms with Crippen molar-refractivity contribution in [2.75, 3.05) is 7.05 Å². The molecule has 0 radical (unpaired) electrons. The standard InChI is InChI=1S/C19H29NO3S/c1-14(2)24(22,23)18-13-9-8-12-17(18)19(21)20(4)15(3)16-10-6-5-7-11-16/h8-9,12-16H,5-7,10-11H2,1-4H3. The molecule has 4 nitrogen and oxygen atoms in total. The average Bonchev–Trinajstić information content (AvgIpc) is 2.60. The third-order valence-electron chi connectivity index (χ3n) is 5.31. The molecule has 0 spiro atoms. The van der Waals surface area contributed by atoms with Crippen molar-refractivity contribution in [1.82, 2.24) is 4.90 Å². The Kier molecular flexibility index (Phi) is 6.07. The number of hydrogen-bond acceptors (Lipinski definition) is 3. The molecule has 2 rings (SSSR count). The molecule has 0 aliphatic heterocycles. The molecule has 1 saturated carbocycles. The van der Waals surface area contributed by atoms with Gasteiger partial charge in [0.2, 0.25) is 0 Å². The summed E-state index contributed by atoms with van der Waals surface area (Å²) in [6, 6.07) is 6.69. The molecule has 5 heteroatoms. The van der Waals surface area contributed by atoms with Crippen molar-refractivity contribution in [2.45, 2.75) is 69.1 Å². The summed E-state index contributed by atoms with van der Waals surface area (Å²) in [6.45, 7) is 5.36. The molecule has 0 bridgehead atoms. The molecule has 1 aliphatic rings. The second-order valence-electron chi connectivity index (χ2n) is 7.14. The summed E-state index contributed by atoms with van der Waals surface area (Å²) in [5.74, 6) is 0.300. The van der Waals surface area contributed by atoms with E-state index >= 15 is 0 Å². The van der Waals surface area contributed by atoms with E-state index in [0.717, 1.165) is 12.8 Å². The van der Waals surface area contributed by atoms with Crippen LogP contribution in [0.5, 0.6) is 0 Å². The normalized spacial score (nSPS) is 17.7. The van der Waals surface area contributed by atoms with E-state index in [2.05, 4.69) is 6.92 Å². The molecule has 1 amide bonds. The van der Waals surface area contributed by atoms with Crippen LogP contribution in [-0.2, 0) is 9.84 Å². The van der Waals surface area contributed by atoms with Crippen LogP contribution >= 0.6 is 0 Å². The maximum Gasteiger partial charge on any atom is 0.255 e. The van der Waals surface area contributed by atoms with Gasteiger partial charge in [0, 0.05) is 13.1 Å². The minimum atomic E-state index is -3.48. The van der Waals surface area contributed by atoms with E-state index in [1.54, 1.807) is 50.1 Å². The second-order valence-corrected chi connectivity index (χ2v) is 9.62. The van der Waals surface area contributed by atoms with Gasteiger partial charge in [-0.3, -0.25) is 4.79 Å². The van der Waals surface area contributed by atoms with E-state index in [-0.39, 0.29) is 22.4 Å². The van der Waals surface area contributed by atoms with Gasteiger partial charge in [-0.1, -0.05) is 31.4 Å². The lowest BCUT2D eigenvalue weighted by Gasteiger charge is -2.34. The molecular weight excluding hydrogens is 322 g/mol. The summed E-state index contributed by atoms with van der Waals surface area (Å²) in [4.78, 5) is 14.9. The highest BCUT2D eigenvalue weighted by Gasteiger charge is 2.30. The summed E-state index contributed by atoms with van der Waals surface area (Å²) in [7, 11) is -1.69. The Bertz CT molecular complexity index is 676. The topological polar surface area (TPSA) is 54.5 Å². The number of sulfone groups is 1. The first-order valence-electron chi connectivity index (χ1n) is 8.87. The molecule has 1 aliphatic carbocycles. The Balaban J connectivity index is 2.29. The fourth-order valence-electron chi connectivity index (χ4n) is 3.45. The Hall–Kier alpha value is -1.36. The quantitative estimate of drug-likeness (QED) is 0.808. The minimum absolute atomic E-state index is 0.118. The molecule has 134 valence electrons. The first kappa shape index (κ1) is 19.0. The first-order chi connectivity index (χ1) is 11.3. The summed E-state index contributed by atoms with van der Waals surface area (Å²) in [5, 5.41) is -0.549. The van der Waals surface area contributed by atoms with Crippen LogP contribution in [0.3, 0.4) is 0 Å². The second kappa shape index (κ2) is 7.68. The van der Waals surface area contributed by atoms with Crippen LogP contribution in [0.4, 0.5) is 0 Å². The van der Waals surface area contributed by atoms with Crippen LogP contribution < -0.4 is 0 Å². The molecule has 24 heavy (non-hydrogen) atoms. The van der Waals surface area contributed by atoms with Crippen molar-refractivity contribution < 1.29 is 13.2 Å². The molecule has 1 aromatic rings. The Labute approximate surface area is 146 Å². The lowest BCUT2D eigenvalue weighted by atomic mass is 9.84. The molecule has 1 unspecified atom stereocenters. The Morgan fingerprint density at radius 2 is 1.67 bits per heavy atom. The molecule has 0 aromatic heterocycles. The molecule has 1 atom stereocenters. The van der Waals surface area contributed by atoms with Gasteiger partial charge in [-0.15, -0.1) is 0 Å². The Morgan fingerprint density at radius 3 is 2.25 bits per heavy atom. The van der Waals surface area contributed by atoms with Crippen molar-refractivity contribution in [2.24, 2.45) is 5.92 Å². The van der Waals surface area contributed by atoms with Crippen LogP contribution in [0.2, 0.25) is 0 Å².